The number of aryl methyl sites for hydroxylation is 1. The number of rotatable bonds is 6. The highest BCUT2D eigenvalue weighted by Gasteiger charge is 2.22. The minimum atomic E-state index is -0.458. The first kappa shape index (κ1) is 16.0. The first-order chi connectivity index (χ1) is 8.95. The van der Waals surface area contributed by atoms with Crippen LogP contribution in [0.25, 0.3) is 0 Å². The van der Waals surface area contributed by atoms with Gasteiger partial charge in [0.25, 0.3) is 0 Å². The van der Waals surface area contributed by atoms with Crippen molar-refractivity contribution in [3.05, 3.63) is 34.3 Å². The number of benzene rings is 1. The Kier molecular flexibility index (Phi) is 6.32. The highest BCUT2D eigenvalue weighted by Crippen LogP contribution is 2.22. The summed E-state index contributed by atoms with van der Waals surface area (Å²) < 4.78 is 5.12. The molecule has 1 atom stereocenters. The Morgan fingerprint density at radius 3 is 2.63 bits per heavy atom. The van der Waals surface area contributed by atoms with Crippen LogP contribution in [0.1, 0.15) is 37.9 Å². The Morgan fingerprint density at radius 1 is 1.42 bits per heavy atom. The molecule has 0 aliphatic rings. The van der Waals surface area contributed by atoms with Gasteiger partial charge >= 0.3 is 5.97 Å². The van der Waals surface area contributed by atoms with Gasteiger partial charge in [-0.05, 0) is 43.5 Å². The van der Waals surface area contributed by atoms with Crippen molar-refractivity contribution in [1.82, 2.24) is 5.32 Å². The third kappa shape index (κ3) is 4.84. The van der Waals surface area contributed by atoms with Gasteiger partial charge in [-0.2, -0.15) is 0 Å². The van der Waals surface area contributed by atoms with Gasteiger partial charge in [-0.3, -0.25) is 0 Å². The van der Waals surface area contributed by atoms with Crippen molar-refractivity contribution in [2.45, 2.75) is 33.7 Å². The highest BCUT2D eigenvalue weighted by molar-refractivity contribution is 6.31. The molecule has 0 heterocycles. The normalized spacial score (nSPS) is 12.5. The van der Waals surface area contributed by atoms with Gasteiger partial charge in [-0.25, -0.2) is 4.79 Å². The molecular weight excluding hydrogens is 262 g/mol. The highest BCUT2D eigenvalue weighted by atomic mass is 35.5. The lowest BCUT2D eigenvalue weighted by atomic mass is 10.0. The van der Waals surface area contributed by atoms with Gasteiger partial charge in [0, 0.05) is 5.02 Å². The van der Waals surface area contributed by atoms with E-state index in [1.807, 2.05) is 25.1 Å². The van der Waals surface area contributed by atoms with Crippen molar-refractivity contribution in [2.24, 2.45) is 5.92 Å². The van der Waals surface area contributed by atoms with Crippen LogP contribution in [0.3, 0.4) is 0 Å². The first-order valence-electron chi connectivity index (χ1n) is 6.61. The van der Waals surface area contributed by atoms with Gasteiger partial charge in [0.1, 0.15) is 6.04 Å². The average molecular weight is 284 g/mol. The lowest BCUT2D eigenvalue weighted by molar-refractivity contribution is -0.145. The number of hydrogen-bond donors (Lipinski definition) is 1. The maximum absolute atomic E-state index is 12.0. The zero-order valence-corrected chi connectivity index (χ0v) is 12.8. The summed E-state index contributed by atoms with van der Waals surface area (Å²) in [4.78, 5) is 12.0. The standard InChI is InChI=1S/C15H22ClNO2/c1-5-19-15(18)14(17-9-10(2)3)12-7-6-11(4)13(16)8-12/h6-8,10,14,17H,5,9H2,1-4H3. The fourth-order valence-corrected chi connectivity index (χ4v) is 1.89. The van der Waals surface area contributed by atoms with E-state index in [9.17, 15) is 4.79 Å². The van der Waals surface area contributed by atoms with Crippen molar-refractivity contribution in [3.8, 4) is 0 Å². The van der Waals surface area contributed by atoms with E-state index >= 15 is 0 Å². The molecule has 1 N–H and O–H groups in total. The second kappa shape index (κ2) is 7.51. The lowest BCUT2D eigenvalue weighted by Crippen LogP contribution is -2.32. The zero-order valence-electron chi connectivity index (χ0n) is 12.0. The summed E-state index contributed by atoms with van der Waals surface area (Å²) in [6.07, 6.45) is 0. The molecule has 0 saturated carbocycles. The molecule has 1 aromatic carbocycles. The number of nitrogens with one attached hydrogen (secondary N) is 1. The maximum Gasteiger partial charge on any atom is 0.327 e. The maximum atomic E-state index is 12.0. The largest absolute Gasteiger partial charge is 0.465 e. The molecule has 1 aromatic rings. The number of ether oxygens (including phenoxy) is 1. The molecule has 0 radical (unpaired) electrons. The van der Waals surface area contributed by atoms with Gasteiger partial charge in [0.05, 0.1) is 6.61 Å². The predicted molar refractivity (Wildman–Crippen MR) is 78.4 cm³/mol. The number of hydrogen-bond acceptors (Lipinski definition) is 3. The van der Waals surface area contributed by atoms with Crippen molar-refractivity contribution >= 4 is 17.6 Å². The van der Waals surface area contributed by atoms with Crippen molar-refractivity contribution < 1.29 is 9.53 Å². The van der Waals surface area contributed by atoms with Crippen LogP contribution in [0.5, 0.6) is 0 Å². The topological polar surface area (TPSA) is 38.3 Å². The SMILES string of the molecule is CCOC(=O)C(NCC(C)C)c1ccc(C)c(Cl)c1. The first-order valence-corrected chi connectivity index (χ1v) is 6.99. The van der Waals surface area contributed by atoms with E-state index in [2.05, 4.69) is 19.2 Å². The Bertz CT molecular complexity index is 432. The van der Waals surface area contributed by atoms with E-state index in [-0.39, 0.29) is 5.97 Å². The Morgan fingerprint density at radius 2 is 2.11 bits per heavy atom. The van der Waals surface area contributed by atoms with Crippen LogP contribution in [0.2, 0.25) is 5.02 Å². The quantitative estimate of drug-likeness (QED) is 0.812. The van der Waals surface area contributed by atoms with E-state index in [1.54, 1.807) is 6.92 Å². The van der Waals surface area contributed by atoms with Crippen LogP contribution in [-0.4, -0.2) is 19.1 Å². The third-order valence-electron chi connectivity index (χ3n) is 2.78. The molecule has 106 valence electrons. The Hall–Kier alpha value is -1.06. The molecule has 0 spiro atoms. The van der Waals surface area contributed by atoms with E-state index in [0.29, 0.717) is 17.5 Å². The van der Waals surface area contributed by atoms with E-state index in [4.69, 9.17) is 16.3 Å². The van der Waals surface area contributed by atoms with E-state index in [0.717, 1.165) is 17.7 Å². The summed E-state index contributed by atoms with van der Waals surface area (Å²) in [5.74, 6) is 0.195. The molecule has 0 aliphatic carbocycles. The van der Waals surface area contributed by atoms with Crippen LogP contribution < -0.4 is 5.32 Å². The van der Waals surface area contributed by atoms with Crippen LogP contribution >= 0.6 is 11.6 Å². The van der Waals surface area contributed by atoms with Crippen molar-refractivity contribution in [3.63, 3.8) is 0 Å². The molecule has 3 nitrogen and oxygen atoms in total. The van der Waals surface area contributed by atoms with E-state index in [1.165, 1.54) is 0 Å². The fraction of sp³-hybridized carbons (Fsp3) is 0.533. The molecule has 0 amide bonds. The van der Waals surface area contributed by atoms with Gasteiger partial charge in [-0.15, -0.1) is 0 Å². The van der Waals surface area contributed by atoms with Crippen molar-refractivity contribution in [1.29, 1.82) is 0 Å². The van der Waals surface area contributed by atoms with Gasteiger partial charge in [0.2, 0.25) is 0 Å². The molecule has 0 saturated heterocycles. The van der Waals surface area contributed by atoms with Crippen molar-refractivity contribution in [2.75, 3.05) is 13.2 Å². The third-order valence-corrected chi connectivity index (χ3v) is 3.19. The number of halogens is 1. The molecule has 19 heavy (non-hydrogen) atoms. The van der Waals surface area contributed by atoms with Crippen LogP contribution in [0.4, 0.5) is 0 Å². The molecule has 1 rings (SSSR count). The second-order valence-corrected chi connectivity index (χ2v) is 5.40. The minimum absolute atomic E-state index is 0.261. The smallest absolute Gasteiger partial charge is 0.327 e. The number of esters is 1. The van der Waals surface area contributed by atoms with Crippen LogP contribution in [0.15, 0.2) is 18.2 Å². The molecule has 4 heteroatoms. The molecule has 1 unspecified atom stereocenters. The summed E-state index contributed by atoms with van der Waals surface area (Å²) in [6, 6.07) is 5.20. The predicted octanol–water partition coefficient (Wildman–Crippen LogP) is 3.50. The summed E-state index contributed by atoms with van der Waals surface area (Å²) >= 11 is 6.12. The summed E-state index contributed by atoms with van der Waals surface area (Å²) in [5.41, 5.74) is 1.84. The fourth-order valence-electron chi connectivity index (χ4n) is 1.71. The zero-order chi connectivity index (χ0) is 14.4. The van der Waals surface area contributed by atoms with E-state index < -0.39 is 6.04 Å². The summed E-state index contributed by atoms with van der Waals surface area (Å²) in [6.45, 7) is 9.05. The summed E-state index contributed by atoms with van der Waals surface area (Å²) in [5, 5.41) is 3.90. The molecule has 0 fully saturated rings. The van der Waals surface area contributed by atoms with Crippen LogP contribution in [0, 0.1) is 12.8 Å². The minimum Gasteiger partial charge on any atom is -0.465 e. The molecular formula is C15H22ClNO2. The van der Waals surface area contributed by atoms with Crippen LogP contribution in [-0.2, 0) is 9.53 Å². The Labute approximate surface area is 120 Å². The Balaban J connectivity index is 2.93. The monoisotopic (exact) mass is 283 g/mol. The summed E-state index contributed by atoms with van der Waals surface area (Å²) in [7, 11) is 0. The second-order valence-electron chi connectivity index (χ2n) is 5.00. The molecule has 0 bridgehead atoms. The van der Waals surface area contributed by atoms with Gasteiger partial charge in [-0.1, -0.05) is 37.6 Å². The van der Waals surface area contributed by atoms with Gasteiger partial charge < -0.3 is 10.1 Å². The lowest BCUT2D eigenvalue weighted by Gasteiger charge is -2.19. The molecule has 0 aromatic heterocycles. The number of carbonyl (C=O) groups excluding carboxylic acids is 1. The number of carbonyl (C=O) groups is 1. The van der Waals surface area contributed by atoms with Gasteiger partial charge in [0.15, 0.2) is 0 Å². The average Bonchev–Trinajstić information content (AvgIpc) is 2.33. The molecule has 0 aliphatic heterocycles.